The number of hydrogen-bond acceptors (Lipinski definition) is 3. The summed E-state index contributed by atoms with van der Waals surface area (Å²) in [4.78, 5) is 12.9. The third-order valence-corrected chi connectivity index (χ3v) is 5.22. The standard InChI is InChI=1S/C22H19ClF3N3O2/c1-3-11-21(15-7-9-16(23)10-8-15)12-5-4-6-18(21)27-20(30)19-17(22(24,25)26)13-29(28-19)14-31-2/h1,4-10,12-13,18H,11,14H2,2H3,(H,27,30). The first-order valence-corrected chi connectivity index (χ1v) is 9.59. The van der Waals surface area contributed by atoms with Gasteiger partial charge in [-0.2, -0.15) is 18.3 Å². The first kappa shape index (κ1) is 22.7. The summed E-state index contributed by atoms with van der Waals surface area (Å²) in [6, 6.07) is 6.21. The van der Waals surface area contributed by atoms with Crippen molar-refractivity contribution < 1.29 is 22.7 Å². The molecular formula is C22H19ClF3N3O2. The van der Waals surface area contributed by atoms with Gasteiger partial charge < -0.3 is 10.1 Å². The van der Waals surface area contributed by atoms with Crippen molar-refractivity contribution in [3.05, 3.63) is 76.6 Å². The van der Waals surface area contributed by atoms with Gasteiger partial charge in [-0.15, -0.1) is 12.3 Å². The maximum absolute atomic E-state index is 13.5. The SMILES string of the molecule is C#CCC1(c2ccc(Cl)cc2)C=CC=CC1NC(=O)c1nn(COC)cc1C(F)(F)F. The number of carbonyl (C=O) groups excluding carboxylic acids is 1. The molecule has 3 rings (SSSR count). The Morgan fingerprint density at radius 3 is 2.68 bits per heavy atom. The molecule has 1 aromatic carbocycles. The second-order valence-electron chi connectivity index (χ2n) is 6.97. The molecule has 0 aliphatic heterocycles. The average molecular weight is 450 g/mol. The van der Waals surface area contributed by atoms with Crippen molar-refractivity contribution >= 4 is 17.5 Å². The smallest absolute Gasteiger partial charge is 0.362 e. The lowest BCUT2D eigenvalue weighted by Gasteiger charge is -2.38. The van der Waals surface area contributed by atoms with Crippen molar-refractivity contribution in [2.45, 2.75) is 30.8 Å². The van der Waals surface area contributed by atoms with Gasteiger partial charge in [-0.1, -0.05) is 48.0 Å². The Hall–Kier alpha value is -3.02. The van der Waals surface area contributed by atoms with Crippen LogP contribution in [0.3, 0.4) is 0 Å². The van der Waals surface area contributed by atoms with E-state index in [2.05, 4.69) is 16.3 Å². The van der Waals surface area contributed by atoms with Crippen LogP contribution < -0.4 is 5.32 Å². The van der Waals surface area contributed by atoms with Gasteiger partial charge in [0.1, 0.15) is 12.3 Å². The van der Waals surface area contributed by atoms with Gasteiger partial charge in [0.05, 0.1) is 6.04 Å². The summed E-state index contributed by atoms with van der Waals surface area (Å²) in [7, 11) is 1.31. The van der Waals surface area contributed by atoms with Gasteiger partial charge in [0.15, 0.2) is 5.69 Å². The predicted molar refractivity (Wildman–Crippen MR) is 110 cm³/mol. The molecule has 2 atom stereocenters. The number of amides is 1. The summed E-state index contributed by atoms with van der Waals surface area (Å²) in [6.45, 7) is -0.228. The molecule has 1 aromatic heterocycles. The first-order chi connectivity index (χ1) is 14.7. The zero-order valence-corrected chi connectivity index (χ0v) is 17.2. The summed E-state index contributed by atoms with van der Waals surface area (Å²) in [5, 5.41) is 6.96. The Labute approximate surface area is 182 Å². The number of terminal acetylenes is 1. The third-order valence-electron chi connectivity index (χ3n) is 4.97. The number of hydrogen-bond donors (Lipinski definition) is 1. The lowest BCUT2D eigenvalue weighted by molar-refractivity contribution is -0.138. The molecule has 1 N–H and O–H groups in total. The van der Waals surface area contributed by atoms with E-state index < -0.39 is 34.8 Å². The van der Waals surface area contributed by atoms with Crippen LogP contribution in [0.2, 0.25) is 5.02 Å². The molecule has 162 valence electrons. The van der Waals surface area contributed by atoms with Crippen LogP contribution >= 0.6 is 11.6 Å². The van der Waals surface area contributed by atoms with E-state index in [9.17, 15) is 18.0 Å². The van der Waals surface area contributed by atoms with Crippen molar-refractivity contribution in [3.63, 3.8) is 0 Å². The fourth-order valence-corrected chi connectivity index (χ4v) is 3.66. The highest BCUT2D eigenvalue weighted by atomic mass is 35.5. The van der Waals surface area contributed by atoms with Crippen LogP contribution in [-0.2, 0) is 23.1 Å². The summed E-state index contributed by atoms with van der Waals surface area (Å²) in [5.74, 6) is 1.64. The molecule has 1 aliphatic rings. The number of nitrogens with zero attached hydrogens (tertiary/aromatic N) is 2. The Morgan fingerprint density at radius 1 is 1.35 bits per heavy atom. The zero-order valence-electron chi connectivity index (χ0n) is 16.5. The minimum atomic E-state index is -4.76. The van der Waals surface area contributed by atoms with Crippen LogP contribution in [0.5, 0.6) is 0 Å². The molecule has 5 nitrogen and oxygen atoms in total. The Bertz CT molecular complexity index is 1050. The van der Waals surface area contributed by atoms with Crippen LogP contribution in [0.25, 0.3) is 0 Å². The fourth-order valence-electron chi connectivity index (χ4n) is 3.54. The van der Waals surface area contributed by atoms with Gasteiger partial charge in [0.2, 0.25) is 0 Å². The fraction of sp³-hybridized carbons (Fsp3) is 0.273. The molecule has 2 unspecified atom stereocenters. The van der Waals surface area contributed by atoms with E-state index in [1.54, 1.807) is 42.5 Å². The normalized spacial score (nSPS) is 20.5. The maximum Gasteiger partial charge on any atom is 0.420 e. The van der Waals surface area contributed by atoms with Gasteiger partial charge in [-0.3, -0.25) is 4.79 Å². The number of aromatic nitrogens is 2. The number of benzene rings is 1. The molecule has 0 spiro atoms. The Balaban J connectivity index is 1.99. The monoisotopic (exact) mass is 449 g/mol. The van der Waals surface area contributed by atoms with Gasteiger partial charge in [0.25, 0.3) is 5.91 Å². The van der Waals surface area contributed by atoms with Crippen LogP contribution in [-0.4, -0.2) is 28.8 Å². The number of nitrogens with one attached hydrogen (secondary N) is 1. The van der Waals surface area contributed by atoms with E-state index in [4.69, 9.17) is 22.8 Å². The maximum atomic E-state index is 13.5. The minimum Gasteiger partial charge on any atom is -0.362 e. The number of carbonyl (C=O) groups is 1. The highest BCUT2D eigenvalue weighted by Gasteiger charge is 2.42. The number of ether oxygens (including phenoxy) is 1. The van der Waals surface area contributed by atoms with Gasteiger partial charge in [-0.05, 0) is 17.7 Å². The zero-order chi connectivity index (χ0) is 22.6. The average Bonchev–Trinajstić information content (AvgIpc) is 3.15. The number of allylic oxidation sites excluding steroid dienone is 2. The van der Waals surface area contributed by atoms with Crippen molar-refractivity contribution in [1.82, 2.24) is 15.1 Å². The molecule has 1 amide bonds. The highest BCUT2D eigenvalue weighted by molar-refractivity contribution is 6.30. The topological polar surface area (TPSA) is 56.2 Å². The number of methoxy groups -OCH3 is 1. The molecule has 0 radical (unpaired) electrons. The van der Waals surface area contributed by atoms with Crippen molar-refractivity contribution in [3.8, 4) is 12.3 Å². The van der Waals surface area contributed by atoms with Gasteiger partial charge in [0, 0.05) is 30.2 Å². The Kier molecular flexibility index (Phi) is 6.58. The molecule has 0 saturated heterocycles. The quantitative estimate of drug-likeness (QED) is 0.667. The van der Waals surface area contributed by atoms with Crippen molar-refractivity contribution in [1.29, 1.82) is 0 Å². The molecule has 0 bridgehead atoms. The van der Waals surface area contributed by atoms with E-state index in [0.29, 0.717) is 5.02 Å². The van der Waals surface area contributed by atoms with Crippen LogP contribution in [0.15, 0.2) is 54.8 Å². The molecule has 2 aromatic rings. The molecular weight excluding hydrogens is 431 g/mol. The highest BCUT2D eigenvalue weighted by Crippen LogP contribution is 2.37. The van der Waals surface area contributed by atoms with E-state index >= 15 is 0 Å². The summed E-state index contributed by atoms with van der Waals surface area (Å²) in [6.07, 6.45) is 8.78. The number of rotatable bonds is 6. The molecule has 31 heavy (non-hydrogen) atoms. The lowest BCUT2D eigenvalue weighted by Crippen LogP contribution is -2.49. The third kappa shape index (κ3) is 4.68. The van der Waals surface area contributed by atoms with Crippen molar-refractivity contribution in [2.75, 3.05) is 7.11 Å². The second kappa shape index (κ2) is 9.00. The Morgan fingerprint density at radius 2 is 2.06 bits per heavy atom. The molecule has 1 aliphatic carbocycles. The number of halogens is 4. The van der Waals surface area contributed by atoms with Crippen LogP contribution in [0.4, 0.5) is 13.2 Å². The van der Waals surface area contributed by atoms with Crippen LogP contribution in [0, 0.1) is 12.3 Å². The van der Waals surface area contributed by atoms with Gasteiger partial charge >= 0.3 is 6.18 Å². The first-order valence-electron chi connectivity index (χ1n) is 9.21. The second-order valence-corrected chi connectivity index (χ2v) is 7.41. The molecule has 0 saturated carbocycles. The van der Waals surface area contributed by atoms with Crippen LogP contribution in [0.1, 0.15) is 28.0 Å². The van der Waals surface area contributed by atoms with E-state index in [1.165, 1.54) is 7.11 Å². The molecule has 1 heterocycles. The summed E-state index contributed by atoms with van der Waals surface area (Å²) in [5.41, 5.74) is -1.98. The number of alkyl halides is 3. The molecule has 0 fully saturated rings. The molecule has 9 heteroatoms. The minimum absolute atomic E-state index is 0.199. The predicted octanol–water partition coefficient (Wildman–Crippen LogP) is 4.34. The summed E-state index contributed by atoms with van der Waals surface area (Å²) >= 11 is 5.99. The van der Waals surface area contributed by atoms with E-state index in [0.717, 1.165) is 16.4 Å². The summed E-state index contributed by atoms with van der Waals surface area (Å²) < 4.78 is 46.2. The largest absolute Gasteiger partial charge is 0.420 e. The van der Waals surface area contributed by atoms with E-state index in [1.807, 2.05) is 6.08 Å². The van der Waals surface area contributed by atoms with E-state index in [-0.39, 0.29) is 13.2 Å². The van der Waals surface area contributed by atoms with Crippen molar-refractivity contribution in [2.24, 2.45) is 0 Å². The van der Waals surface area contributed by atoms with Gasteiger partial charge in [-0.25, -0.2) is 4.68 Å². The lowest BCUT2D eigenvalue weighted by atomic mass is 9.69.